The van der Waals surface area contributed by atoms with Crippen LogP contribution in [-0.4, -0.2) is 22.2 Å². The molecular weight excluding hydrogens is 250 g/mol. The lowest BCUT2D eigenvalue weighted by Gasteiger charge is -1.98. The summed E-state index contributed by atoms with van der Waals surface area (Å²) in [5, 5.41) is 8.02. The van der Waals surface area contributed by atoms with Gasteiger partial charge in [-0.05, 0) is 24.6 Å². The zero-order chi connectivity index (χ0) is 12.5. The summed E-state index contributed by atoms with van der Waals surface area (Å²) in [7, 11) is 0. The number of aromatic nitrogens is 2. The zero-order valence-corrected chi connectivity index (χ0v) is 10.4. The van der Waals surface area contributed by atoms with Crippen LogP contribution in [0.3, 0.4) is 0 Å². The molecule has 1 aromatic heterocycles. The van der Waals surface area contributed by atoms with E-state index in [1.807, 2.05) is 30.3 Å². The Morgan fingerprint density at radius 3 is 2.83 bits per heavy atom. The highest BCUT2D eigenvalue weighted by atomic mass is 35.5. The first-order chi connectivity index (χ1) is 8.74. The molecule has 0 aliphatic carbocycles. The van der Waals surface area contributed by atoms with Crippen molar-refractivity contribution in [2.75, 3.05) is 6.54 Å². The van der Waals surface area contributed by atoms with Gasteiger partial charge in [-0.2, -0.15) is 5.10 Å². The van der Waals surface area contributed by atoms with Crippen LogP contribution < -0.4 is 5.32 Å². The van der Waals surface area contributed by atoms with E-state index in [0.29, 0.717) is 17.3 Å². The number of amides is 1. The van der Waals surface area contributed by atoms with Crippen LogP contribution in [0.25, 0.3) is 11.3 Å². The highest BCUT2D eigenvalue weighted by molar-refractivity contribution is 6.30. The van der Waals surface area contributed by atoms with E-state index in [1.165, 1.54) is 0 Å². The first-order valence-corrected chi connectivity index (χ1v) is 6.24. The van der Waals surface area contributed by atoms with E-state index in [9.17, 15) is 4.79 Å². The number of hydrogen-bond acceptors (Lipinski definition) is 2. The molecule has 1 aliphatic rings. The Kier molecular flexibility index (Phi) is 2.80. The van der Waals surface area contributed by atoms with E-state index in [-0.39, 0.29) is 5.91 Å². The SMILES string of the molecule is O=C1NCCCn2nc(-c3ccc(Cl)cc3)cc21. The van der Waals surface area contributed by atoms with Crippen LogP contribution in [0.5, 0.6) is 0 Å². The number of nitrogens with zero attached hydrogens (tertiary/aromatic N) is 2. The third-order valence-corrected chi connectivity index (χ3v) is 3.24. The second kappa shape index (κ2) is 4.46. The molecule has 1 amide bonds. The lowest BCUT2D eigenvalue weighted by Crippen LogP contribution is -2.22. The Labute approximate surface area is 110 Å². The molecule has 1 aliphatic heterocycles. The Bertz CT molecular complexity index is 589. The molecule has 4 nitrogen and oxygen atoms in total. The molecule has 18 heavy (non-hydrogen) atoms. The van der Waals surface area contributed by atoms with Gasteiger partial charge in [-0.3, -0.25) is 9.48 Å². The summed E-state index contributed by atoms with van der Waals surface area (Å²) in [5.41, 5.74) is 2.39. The molecule has 0 bridgehead atoms. The van der Waals surface area contributed by atoms with Crippen molar-refractivity contribution in [2.45, 2.75) is 13.0 Å². The largest absolute Gasteiger partial charge is 0.351 e. The first-order valence-electron chi connectivity index (χ1n) is 5.86. The average Bonchev–Trinajstić information content (AvgIpc) is 2.72. The maximum absolute atomic E-state index is 11.8. The number of rotatable bonds is 1. The lowest BCUT2D eigenvalue weighted by atomic mass is 10.1. The molecular formula is C13H12ClN3O. The number of hydrogen-bond donors (Lipinski definition) is 1. The molecule has 2 aromatic rings. The number of benzene rings is 1. The van der Waals surface area contributed by atoms with Gasteiger partial charge in [0, 0.05) is 23.7 Å². The van der Waals surface area contributed by atoms with Gasteiger partial charge >= 0.3 is 0 Å². The van der Waals surface area contributed by atoms with Crippen molar-refractivity contribution in [1.29, 1.82) is 0 Å². The number of carbonyl (C=O) groups excluding carboxylic acids is 1. The van der Waals surface area contributed by atoms with Gasteiger partial charge in [0.25, 0.3) is 5.91 Å². The van der Waals surface area contributed by atoms with Gasteiger partial charge in [0.1, 0.15) is 5.69 Å². The van der Waals surface area contributed by atoms with Crippen molar-refractivity contribution >= 4 is 17.5 Å². The van der Waals surface area contributed by atoms with Gasteiger partial charge in [-0.1, -0.05) is 23.7 Å². The van der Waals surface area contributed by atoms with Crippen molar-refractivity contribution in [3.63, 3.8) is 0 Å². The molecule has 0 radical (unpaired) electrons. The molecule has 3 rings (SSSR count). The number of fused-ring (bicyclic) bond motifs is 1. The van der Waals surface area contributed by atoms with E-state index >= 15 is 0 Å². The summed E-state index contributed by atoms with van der Waals surface area (Å²) in [5.74, 6) is -0.0554. The summed E-state index contributed by atoms with van der Waals surface area (Å²) in [6, 6.07) is 9.28. The van der Waals surface area contributed by atoms with Crippen molar-refractivity contribution in [3.05, 3.63) is 41.0 Å². The molecule has 1 N–H and O–H groups in total. The van der Waals surface area contributed by atoms with Crippen LogP contribution in [0.2, 0.25) is 5.02 Å². The van der Waals surface area contributed by atoms with E-state index in [4.69, 9.17) is 11.6 Å². The van der Waals surface area contributed by atoms with Gasteiger partial charge in [-0.25, -0.2) is 0 Å². The average molecular weight is 262 g/mol. The van der Waals surface area contributed by atoms with Gasteiger partial charge < -0.3 is 5.32 Å². The summed E-state index contributed by atoms with van der Waals surface area (Å²) in [4.78, 5) is 11.8. The third-order valence-electron chi connectivity index (χ3n) is 2.98. The van der Waals surface area contributed by atoms with E-state index in [0.717, 1.165) is 24.2 Å². The van der Waals surface area contributed by atoms with E-state index < -0.39 is 0 Å². The summed E-state index contributed by atoms with van der Waals surface area (Å²) >= 11 is 5.86. The van der Waals surface area contributed by atoms with Crippen molar-refractivity contribution in [1.82, 2.24) is 15.1 Å². The maximum atomic E-state index is 11.8. The van der Waals surface area contributed by atoms with Crippen LogP contribution in [0.15, 0.2) is 30.3 Å². The van der Waals surface area contributed by atoms with Crippen molar-refractivity contribution < 1.29 is 4.79 Å². The van der Waals surface area contributed by atoms with Gasteiger partial charge in [0.05, 0.1) is 5.69 Å². The molecule has 0 saturated carbocycles. The van der Waals surface area contributed by atoms with Crippen LogP contribution in [-0.2, 0) is 6.54 Å². The normalized spacial score (nSPS) is 14.8. The smallest absolute Gasteiger partial charge is 0.269 e. The van der Waals surface area contributed by atoms with Crippen LogP contribution >= 0.6 is 11.6 Å². The predicted octanol–water partition coefficient (Wildman–Crippen LogP) is 2.34. The lowest BCUT2D eigenvalue weighted by molar-refractivity contribution is 0.0950. The van der Waals surface area contributed by atoms with Crippen LogP contribution in [0, 0.1) is 0 Å². The van der Waals surface area contributed by atoms with Gasteiger partial charge in [0.2, 0.25) is 0 Å². The Hall–Kier alpha value is -1.81. The van der Waals surface area contributed by atoms with Crippen molar-refractivity contribution in [3.8, 4) is 11.3 Å². The maximum Gasteiger partial charge on any atom is 0.269 e. The minimum absolute atomic E-state index is 0.0554. The number of aryl methyl sites for hydroxylation is 1. The standard InChI is InChI=1S/C13H12ClN3O/c14-10-4-2-9(3-5-10)11-8-12-13(18)15-6-1-7-17(12)16-11/h2-5,8H,1,6-7H2,(H,15,18). The third kappa shape index (κ3) is 1.99. The van der Waals surface area contributed by atoms with Crippen molar-refractivity contribution in [2.24, 2.45) is 0 Å². The predicted molar refractivity (Wildman–Crippen MR) is 69.6 cm³/mol. The summed E-state index contributed by atoms with van der Waals surface area (Å²) < 4.78 is 1.77. The zero-order valence-electron chi connectivity index (χ0n) is 9.69. The second-order valence-electron chi connectivity index (χ2n) is 4.25. The molecule has 92 valence electrons. The first kappa shape index (κ1) is 11.3. The molecule has 0 fully saturated rings. The quantitative estimate of drug-likeness (QED) is 0.857. The fraction of sp³-hybridized carbons (Fsp3) is 0.231. The summed E-state index contributed by atoms with van der Waals surface area (Å²) in [6.45, 7) is 1.47. The number of nitrogens with one attached hydrogen (secondary N) is 1. The number of halogens is 1. The highest BCUT2D eigenvalue weighted by Crippen LogP contribution is 2.22. The number of carbonyl (C=O) groups is 1. The molecule has 0 unspecified atom stereocenters. The molecule has 1 aromatic carbocycles. The summed E-state index contributed by atoms with van der Waals surface area (Å²) in [6.07, 6.45) is 0.903. The van der Waals surface area contributed by atoms with E-state index in [2.05, 4.69) is 10.4 Å². The Morgan fingerprint density at radius 2 is 2.06 bits per heavy atom. The molecule has 2 heterocycles. The fourth-order valence-electron chi connectivity index (χ4n) is 2.05. The van der Waals surface area contributed by atoms with Gasteiger partial charge in [-0.15, -0.1) is 0 Å². The molecule has 0 saturated heterocycles. The minimum Gasteiger partial charge on any atom is -0.351 e. The topological polar surface area (TPSA) is 46.9 Å². The monoisotopic (exact) mass is 261 g/mol. The highest BCUT2D eigenvalue weighted by Gasteiger charge is 2.18. The van der Waals surface area contributed by atoms with E-state index in [1.54, 1.807) is 4.68 Å². The van der Waals surface area contributed by atoms with Crippen LogP contribution in [0.4, 0.5) is 0 Å². The Balaban J connectivity index is 2.02. The minimum atomic E-state index is -0.0554. The second-order valence-corrected chi connectivity index (χ2v) is 4.69. The molecule has 0 spiro atoms. The van der Waals surface area contributed by atoms with Gasteiger partial charge in [0.15, 0.2) is 0 Å². The fourth-order valence-corrected chi connectivity index (χ4v) is 2.18. The molecule has 0 atom stereocenters. The van der Waals surface area contributed by atoms with Crippen LogP contribution in [0.1, 0.15) is 16.9 Å². The molecule has 5 heteroatoms. The Morgan fingerprint density at radius 1 is 1.28 bits per heavy atom.